The highest BCUT2D eigenvalue weighted by Crippen LogP contribution is 2.34. The van der Waals surface area contributed by atoms with Gasteiger partial charge in [-0.15, -0.1) is 11.3 Å². The first-order valence-electron chi connectivity index (χ1n) is 13.6. The Morgan fingerprint density at radius 1 is 0.925 bits per heavy atom. The standard InChI is InChI=1S/C24H21F3N4OS.C2H6S.2C2H6/c25-24(26,27)22-12-19(17-3-1-2-4-18(17)31-22)29-15-6-8-16(9-7-15)30-23(32)14-5-10-21-20(11-14)28-13-33-21;1-3-2;2*1-2/h1-5,10-13,15-16H,6-9H2,(H,29,31)(H,30,32);1-2H3;2*1-2H3. The molecule has 5 nitrogen and oxygen atoms in total. The SMILES string of the molecule is CC.CC.CSC.O=C(NC1CCC(Nc2cc(C(F)(F)F)nc3ccccc23)CC1)c1ccc2scnc2c1. The van der Waals surface area contributed by atoms with E-state index in [1.165, 1.54) is 11.3 Å². The van der Waals surface area contributed by atoms with Gasteiger partial charge in [0.05, 0.1) is 21.2 Å². The second-order valence-corrected chi connectivity index (χ2v) is 10.4. The molecule has 2 aromatic carbocycles. The molecule has 0 unspecified atom stereocenters. The lowest BCUT2D eigenvalue weighted by molar-refractivity contribution is -0.140. The molecular weight excluding hydrogens is 553 g/mol. The number of anilines is 1. The fourth-order valence-corrected chi connectivity index (χ4v) is 4.97. The molecule has 1 amide bonds. The van der Waals surface area contributed by atoms with E-state index in [-0.39, 0.29) is 18.0 Å². The van der Waals surface area contributed by atoms with Crippen LogP contribution in [0.4, 0.5) is 18.9 Å². The van der Waals surface area contributed by atoms with Crippen molar-refractivity contribution in [3.05, 3.63) is 65.3 Å². The van der Waals surface area contributed by atoms with Crippen molar-refractivity contribution in [2.75, 3.05) is 17.8 Å². The van der Waals surface area contributed by atoms with Crippen LogP contribution in [-0.4, -0.2) is 40.5 Å². The van der Waals surface area contributed by atoms with Crippen molar-refractivity contribution >= 4 is 55.8 Å². The maximum atomic E-state index is 13.3. The summed E-state index contributed by atoms with van der Waals surface area (Å²) in [4.78, 5) is 20.7. The van der Waals surface area contributed by atoms with Crippen LogP contribution in [0, 0.1) is 0 Å². The summed E-state index contributed by atoms with van der Waals surface area (Å²) in [6.07, 6.45) is 2.56. The highest BCUT2D eigenvalue weighted by atomic mass is 32.2. The molecular formula is C30H39F3N4OS2. The quantitative estimate of drug-likeness (QED) is 0.247. The van der Waals surface area contributed by atoms with E-state index in [1.54, 1.807) is 53.7 Å². The smallest absolute Gasteiger partial charge is 0.382 e. The van der Waals surface area contributed by atoms with Gasteiger partial charge in [-0.2, -0.15) is 24.9 Å². The Labute approximate surface area is 243 Å². The Morgan fingerprint density at radius 3 is 2.20 bits per heavy atom. The normalized spacial score (nSPS) is 16.4. The number of amides is 1. The number of aromatic nitrogens is 2. The van der Waals surface area contributed by atoms with Crippen LogP contribution in [0.3, 0.4) is 0 Å². The maximum absolute atomic E-state index is 13.3. The Bertz CT molecular complexity index is 1340. The van der Waals surface area contributed by atoms with Crippen LogP contribution in [-0.2, 0) is 6.18 Å². The van der Waals surface area contributed by atoms with E-state index < -0.39 is 11.9 Å². The van der Waals surface area contributed by atoms with Gasteiger partial charge in [0.25, 0.3) is 5.91 Å². The van der Waals surface area contributed by atoms with Gasteiger partial charge in [-0.05, 0) is 68.5 Å². The van der Waals surface area contributed by atoms with Gasteiger partial charge < -0.3 is 10.6 Å². The molecule has 0 radical (unpaired) electrons. The predicted octanol–water partition coefficient (Wildman–Crippen LogP) is 9.05. The summed E-state index contributed by atoms with van der Waals surface area (Å²) >= 11 is 3.28. The molecule has 0 bridgehead atoms. The molecule has 218 valence electrons. The van der Waals surface area contributed by atoms with Crippen molar-refractivity contribution < 1.29 is 18.0 Å². The molecule has 2 aromatic heterocycles. The first kappa shape index (κ1) is 33.4. The third-order valence-corrected chi connectivity index (χ3v) is 6.83. The lowest BCUT2D eigenvalue weighted by atomic mass is 9.90. The summed E-state index contributed by atoms with van der Waals surface area (Å²) in [6, 6.07) is 13.5. The number of carbonyl (C=O) groups excluding carboxylic acids is 1. The number of thiazole rings is 1. The summed E-state index contributed by atoms with van der Waals surface area (Å²) in [5, 5.41) is 7.05. The average molecular weight is 593 g/mol. The Morgan fingerprint density at radius 2 is 1.55 bits per heavy atom. The maximum Gasteiger partial charge on any atom is 0.433 e. The third kappa shape index (κ3) is 9.09. The van der Waals surface area contributed by atoms with Crippen LogP contribution in [0.15, 0.2) is 54.0 Å². The lowest BCUT2D eigenvalue weighted by Gasteiger charge is -2.30. The summed E-state index contributed by atoms with van der Waals surface area (Å²) in [5.41, 5.74) is 3.00. The second kappa shape index (κ2) is 16.4. The third-order valence-electron chi connectivity index (χ3n) is 6.02. The molecule has 2 heterocycles. The van der Waals surface area contributed by atoms with E-state index in [9.17, 15) is 18.0 Å². The summed E-state index contributed by atoms with van der Waals surface area (Å²) in [5.74, 6) is -0.128. The number of fused-ring (bicyclic) bond motifs is 2. The number of hydrogen-bond acceptors (Lipinski definition) is 6. The van der Waals surface area contributed by atoms with E-state index in [2.05, 4.69) is 20.6 Å². The van der Waals surface area contributed by atoms with Crippen LogP contribution in [0.5, 0.6) is 0 Å². The molecule has 0 saturated heterocycles. The van der Waals surface area contributed by atoms with E-state index in [4.69, 9.17) is 0 Å². The molecule has 1 aliphatic carbocycles. The van der Waals surface area contributed by atoms with Crippen LogP contribution in [0.1, 0.15) is 69.4 Å². The number of nitrogens with one attached hydrogen (secondary N) is 2. The summed E-state index contributed by atoms with van der Waals surface area (Å²) in [7, 11) is 0. The van der Waals surface area contributed by atoms with Crippen molar-refractivity contribution in [1.29, 1.82) is 0 Å². The Hall–Kier alpha value is -2.85. The van der Waals surface area contributed by atoms with Gasteiger partial charge in [0, 0.05) is 28.7 Å². The number of carbonyl (C=O) groups is 1. The molecule has 2 N–H and O–H groups in total. The van der Waals surface area contributed by atoms with Crippen molar-refractivity contribution in [2.45, 2.75) is 71.6 Å². The van der Waals surface area contributed by atoms with E-state index in [0.29, 0.717) is 22.2 Å². The molecule has 1 fully saturated rings. The zero-order valence-electron chi connectivity index (χ0n) is 23.9. The molecule has 10 heteroatoms. The van der Waals surface area contributed by atoms with Crippen molar-refractivity contribution in [2.24, 2.45) is 0 Å². The highest BCUT2D eigenvalue weighted by molar-refractivity contribution is 7.97. The van der Waals surface area contributed by atoms with Crippen LogP contribution in [0.25, 0.3) is 21.1 Å². The number of halogens is 3. The number of nitrogens with zero attached hydrogens (tertiary/aromatic N) is 2. The zero-order chi connectivity index (χ0) is 29.7. The minimum atomic E-state index is -4.51. The van der Waals surface area contributed by atoms with Crippen molar-refractivity contribution in [3.63, 3.8) is 0 Å². The minimum Gasteiger partial charge on any atom is -0.382 e. The van der Waals surface area contributed by atoms with Gasteiger partial charge >= 0.3 is 6.18 Å². The van der Waals surface area contributed by atoms with Gasteiger partial charge in [-0.3, -0.25) is 4.79 Å². The largest absolute Gasteiger partial charge is 0.433 e. The molecule has 40 heavy (non-hydrogen) atoms. The number of para-hydroxylation sites is 1. The molecule has 0 aliphatic heterocycles. The topological polar surface area (TPSA) is 66.9 Å². The highest BCUT2D eigenvalue weighted by Gasteiger charge is 2.34. The monoisotopic (exact) mass is 592 g/mol. The zero-order valence-corrected chi connectivity index (χ0v) is 25.6. The van der Waals surface area contributed by atoms with Gasteiger partial charge in [-0.1, -0.05) is 45.9 Å². The number of benzene rings is 2. The van der Waals surface area contributed by atoms with E-state index in [1.807, 2.05) is 46.3 Å². The molecule has 1 saturated carbocycles. The fourth-order valence-electron chi connectivity index (χ4n) is 4.31. The number of rotatable bonds is 4. The van der Waals surface area contributed by atoms with Gasteiger partial charge in [0.15, 0.2) is 0 Å². The molecule has 1 aliphatic rings. The lowest BCUT2D eigenvalue weighted by Crippen LogP contribution is -2.40. The average Bonchev–Trinajstić information content (AvgIpc) is 3.44. The Kier molecular flexibility index (Phi) is 13.7. The van der Waals surface area contributed by atoms with Gasteiger partial charge in [-0.25, -0.2) is 9.97 Å². The fraction of sp³-hybridized carbons (Fsp3) is 0.433. The van der Waals surface area contributed by atoms with Crippen molar-refractivity contribution in [1.82, 2.24) is 15.3 Å². The Balaban J connectivity index is 0.000000737. The number of alkyl halides is 3. The minimum absolute atomic E-state index is 0.0244. The van der Waals surface area contributed by atoms with E-state index in [0.717, 1.165) is 42.0 Å². The first-order chi connectivity index (χ1) is 19.3. The molecule has 4 aromatic rings. The summed E-state index contributed by atoms with van der Waals surface area (Å²) in [6.45, 7) is 8.00. The number of hydrogen-bond donors (Lipinski definition) is 2. The summed E-state index contributed by atoms with van der Waals surface area (Å²) < 4.78 is 41.0. The predicted molar refractivity (Wildman–Crippen MR) is 166 cm³/mol. The molecule has 0 atom stereocenters. The van der Waals surface area contributed by atoms with Crippen molar-refractivity contribution in [3.8, 4) is 0 Å². The number of pyridine rings is 1. The molecule has 5 rings (SSSR count). The van der Waals surface area contributed by atoms with Crippen LogP contribution in [0.2, 0.25) is 0 Å². The first-order valence-corrected chi connectivity index (χ1v) is 16.1. The van der Waals surface area contributed by atoms with Gasteiger partial charge in [0.1, 0.15) is 5.69 Å². The second-order valence-electron chi connectivity index (χ2n) is 8.68. The van der Waals surface area contributed by atoms with Crippen LogP contribution >= 0.6 is 23.1 Å². The van der Waals surface area contributed by atoms with E-state index >= 15 is 0 Å². The van der Waals surface area contributed by atoms with Crippen LogP contribution < -0.4 is 10.6 Å². The number of thioether (sulfide) groups is 1. The molecule has 0 spiro atoms. The van der Waals surface area contributed by atoms with Gasteiger partial charge in [0.2, 0.25) is 0 Å².